The summed E-state index contributed by atoms with van der Waals surface area (Å²) in [7, 11) is 1.08. The standard InChI is InChI=1S/C36H30O18/c1-3-12-4-16-17(27(42)34(51-2)32(47)26(16)41)9-15(12)35(48)52-14-7-20(37)18-10-25(54-36(49,50)19-11-23(40)30(45)31(46)28(19)43)33(53-24(18)8-14)13-5-21(38)29(44)22(39)6-13/h4-9,11,25,33,37-40,43-47,49-50H,3,10H2,1-2H3. The quantitative estimate of drug-likeness (QED) is 0.0405. The highest BCUT2D eigenvalue weighted by Crippen LogP contribution is 2.50. The van der Waals surface area contributed by atoms with E-state index in [0.717, 1.165) is 37.4 Å². The highest BCUT2D eigenvalue weighted by atomic mass is 16.8. The molecule has 1 aliphatic heterocycles. The van der Waals surface area contributed by atoms with E-state index in [4.69, 9.17) is 18.9 Å². The number of methoxy groups -OCH3 is 1. The Labute approximate surface area is 302 Å². The van der Waals surface area contributed by atoms with Crippen molar-refractivity contribution in [1.82, 2.24) is 0 Å². The number of hydrogen-bond donors (Lipinski definition) is 11. The number of hydrogen-bond acceptors (Lipinski definition) is 18. The van der Waals surface area contributed by atoms with E-state index >= 15 is 0 Å². The third-order valence-corrected chi connectivity index (χ3v) is 8.85. The van der Waals surface area contributed by atoms with E-state index in [2.05, 4.69) is 0 Å². The normalized spacial score (nSPS) is 16.7. The van der Waals surface area contributed by atoms with Crippen LogP contribution in [0.3, 0.4) is 0 Å². The van der Waals surface area contributed by atoms with Gasteiger partial charge in [-0.2, -0.15) is 0 Å². The zero-order valence-electron chi connectivity index (χ0n) is 27.9. The summed E-state index contributed by atoms with van der Waals surface area (Å²) in [5.41, 5.74) is -1.57. The summed E-state index contributed by atoms with van der Waals surface area (Å²) < 4.78 is 21.9. The number of ketones is 2. The number of benzene rings is 4. The van der Waals surface area contributed by atoms with E-state index in [9.17, 15) is 70.6 Å². The number of fused-ring (bicyclic) bond motifs is 2. The second-order valence-electron chi connectivity index (χ2n) is 12.2. The molecule has 2 aliphatic rings. The van der Waals surface area contributed by atoms with Crippen LogP contribution < -0.4 is 9.47 Å². The second-order valence-corrected chi connectivity index (χ2v) is 12.2. The van der Waals surface area contributed by atoms with Crippen LogP contribution in [0.15, 0.2) is 54.0 Å². The summed E-state index contributed by atoms with van der Waals surface area (Å²) in [5.74, 6) is -16.5. The number of ether oxygens (including phenoxy) is 4. The number of aryl methyl sites for hydroxylation is 1. The van der Waals surface area contributed by atoms with Gasteiger partial charge in [-0.1, -0.05) is 6.92 Å². The topological polar surface area (TPSA) is 311 Å². The lowest BCUT2D eigenvalue weighted by Gasteiger charge is -2.37. The molecule has 2 atom stereocenters. The first kappa shape index (κ1) is 36.9. The molecule has 0 saturated heterocycles. The van der Waals surface area contributed by atoms with Crippen LogP contribution in [-0.4, -0.2) is 86.9 Å². The molecular formula is C36H30O18. The maximum absolute atomic E-state index is 13.5. The van der Waals surface area contributed by atoms with E-state index in [1.54, 1.807) is 6.92 Å². The Balaban J connectivity index is 1.37. The van der Waals surface area contributed by atoms with Gasteiger partial charge in [0.1, 0.15) is 23.4 Å². The van der Waals surface area contributed by atoms with Gasteiger partial charge in [0.2, 0.25) is 34.6 Å². The molecule has 11 N–H and O–H groups in total. The molecule has 18 nitrogen and oxygen atoms in total. The minimum absolute atomic E-state index is 0.0782. The van der Waals surface area contributed by atoms with Crippen molar-refractivity contribution >= 4 is 17.5 Å². The number of aliphatic hydroxyl groups is 3. The van der Waals surface area contributed by atoms with Crippen molar-refractivity contribution in [1.29, 1.82) is 0 Å². The lowest BCUT2D eigenvalue weighted by Crippen LogP contribution is -2.41. The summed E-state index contributed by atoms with van der Waals surface area (Å²) in [6.07, 6.45) is -3.52. The van der Waals surface area contributed by atoms with Crippen molar-refractivity contribution in [2.24, 2.45) is 0 Å². The predicted molar refractivity (Wildman–Crippen MR) is 177 cm³/mol. The van der Waals surface area contributed by atoms with E-state index in [1.807, 2.05) is 0 Å². The largest absolute Gasteiger partial charge is 0.507 e. The van der Waals surface area contributed by atoms with Gasteiger partial charge in [-0.3, -0.25) is 9.59 Å². The molecule has 4 aromatic rings. The Hall–Kier alpha value is -6.89. The van der Waals surface area contributed by atoms with E-state index in [1.165, 1.54) is 6.07 Å². The maximum atomic E-state index is 13.5. The van der Waals surface area contributed by atoms with E-state index in [-0.39, 0.29) is 51.3 Å². The van der Waals surface area contributed by atoms with Gasteiger partial charge in [-0.15, -0.1) is 0 Å². The Morgan fingerprint density at radius 2 is 1.41 bits per heavy atom. The van der Waals surface area contributed by atoms with E-state index in [0.29, 0.717) is 6.07 Å². The first-order chi connectivity index (χ1) is 25.4. The number of aromatic hydroxyl groups is 8. The second kappa shape index (κ2) is 13.3. The molecule has 0 bridgehead atoms. The number of carbonyl (C=O) groups is 3. The number of rotatable bonds is 8. The number of esters is 1. The number of phenols is 8. The van der Waals surface area contributed by atoms with Gasteiger partial charge >= 0.3 is 11.9 Å². The fraction of sp³-hybridized carbons (Fsp3) is 0.194. The van der Waals surface area contributed by atoms with Crippen molar-refractivity contribution in [2.75, 3.05) is 7.11 Å². The Kier molecular flexibility index (Phi) is 9.06. The highest BCUT2D eigenvalue weighted by molar-refractivity contribution is 6.25. The van der Waals surface area contributed by atoms with Crippen molar-refractivity contribution in [2.45, 2.75) is 37.9 Å². The molecule has 0 fully saturated rings. The summed E-state index contributed by atoms with van der Waals surface area (Å²) in [5, 5.41) is 113. The Bertz CT molecular complexity index is 2280. The monoisotopic (exact) mass is 750 g/mol. The third-order valence-electron chi connectivity index (χ3n) is 8.85. The lowest BCUT2D eigenvalue weighted by molar-refractivity contribution is -0.375. The molecule has 0 radical (unpaired) electrons. The van der Waals surface area contributed by atoms with Crippen molar-refractivity contribution in [3.63, 3.8) is 0 Å². The van der Waals surface area contributed by atoms with Crippen LogP contribution >= 0.6 is 0 Å². The van der Waals surface area contributed by atoms with Gasteiger partial charge in [-0.05, 0) is 42.3 Å². The van der Waals surface area contributed by atoms with Gasteiger partial charge in [0.05, 0.1) is 18.2 Å². The van der Waals surface area contributed by atoms with Crippen LogP contribution in [-0.2, 0) is 28.3 Å². The SMILES string of the molecule is CCc1cc2c(cc1C(=O)Oc1cc(O)c3c(c1)OC(c1cc(O)c(O)c(O)c1)C(OC(O)(O)c1cc(O)c(O)c(O)c1O)C3)C(=O)C(OC)=C(O)C2=O. The third kappa shape index (κ3) is 6.08. The Morgan fingerprint density at radius 3 is 2.04 bits per heavy atom. The molecule has 6 rings (SSSR count). The van der Waals surface area contributed by atoms with Crippen molar-refractivity contribution in [3.8, 4) is 57.5 Å². The highest BCUT2D eigenvalue weighted by Gasteiger charge is 2.43. The van der Waals surface area contributed by atoms with Crippen LogP contribution in [0.4, 0.5) is 0 Å². The molecule has 0 amide bonds. The maximum Gasteiger partial charge on any atom is 0.343 e. The van der Waals surface area contributed by atoms with Crippen LogP contribution in [0.5, 0.6) is 57.5 Å². The molecule has 0 saturated carbocycles. The minimum Gasteiger partial charge on any atom is -0.507 e. The van der Waals surface area contributed by atoms with E-state index < -0.39 is 105 Å². The summed E-state index contributed by atoms with van der Waals surface area (Å²) in [4.78, 5) is 39.3. The fourth-order valence-corrected chi connectivity index (χ4v) is 6.14. The number of phenolic OH excluding ortho intramolecular Hbond substituents is 8. The van der Waals surface area contributed by atoms with Gasteiger partial charge in [0, 0.05) is 40.8 Å². The van der Waals surface area contributed by atoms with Crippen LogP contribution in [0, 0.1) is 0 Å². The zero-order chi connectivity index (χ0) is 39.5. The van der Waals surface area contributed by atoms with Gasteiger partial charge in [-0.25, -0.2) is 4.79 Å². The smallest absolute Gasteiger partial charge is 0.343 e. The number of allylic oxidation sites excluding steroid dienone is 2. The summed E-state index contributed by atoms with van der Waals surface area (Å²) in [6.45, 7) is 1.65. The Morgan fingerprint density at radius 1 is 0.778 bits per heavy atom. The first-order valence-electron chi connectivity index (χ1n) is 15.7. The molecule has 0 aromatic heterocycles. The number of carbonyl (C=O) groups excluding carboxylic acids is 3. The molecule has 4 aromatic carbocycles. The molecule has 54 heavy (non-hydrogen) atoms. The van der Waals surface area contributed by atoms with Crippen molar-refractivity contribution in [3.05, 3.63) is 92.9 Å². The number of Topliss-reactive ketones (excluding diaryl/α,β-unsaturated/α-hetero) is 2. The number of aliphatic hydroxyl groups excluding tert-OH is 1. The molecule has 282 valence electrons. The molecule has 1 aliphatic carbocycles. The molecular weight excluding hydrogens is 720 g/mol. The lowest BCUT2D eigenvalue weighted by atomic mass is 9.87. The first-order valence-corrected chi connectivity index (χ1v) is 15.7. The van der Waals surface area contributed by atoms with Crippen LogP contribution in [0.25, 0.3) is 0 Å². The van der Waals surface area contributed by atoms with Crippen LogP contribution in [0.1, 0.15) is 66.4 Å². The van der Waals surface area contributed by atoms with Crippen LogP contribution in [0.2, 0.25) is 0 Å². The molecule has 1 heterocycles. The van der Waals surface area contributed by atoms with Gasteiger partial charge in [0.15, 0.2) is 34.9 Å². The van der Waals surface area contributed by atoms with Crippen molar-refractivity contribution < 1.29 is 89.5 Å². The predicted octanol–water partition coefficient (Wildman–Crippen LogP) is 2.76. The zero-order valence-corrected chi connectivity index (χ0v) is 27.9. The average molecular weight is 751 g/mol. The summed E-state index contributed by atoms with van der Waals surface area (Å²) >= 11 is 0. The minimum atomic E-state index is -3.57. The molecule has 2 unspecified atom stereocenters. The molecule has 0 spiro atoms. The summed E-state index contributed by atoms with van der Waals surface area (Å²) in [6, 6.07) is 6.84. The average Bonchev–Trinajstić information content (AvgIpc) is 3.12. The van der Waals surface area contributed by atoms with Gasteiger partial charge in [0.25, 0.3) is 0 Å². The van der Waals surface area contributed by atoms with Gasteiger partial charge < -0.3 is 75.1 Å². The molecule has 18 heteroatoms. The fourth-order valence-electron chi connectivity index (χ4n) is 6.14.